The number of aliphatic carboxylic acids is 1. The number of hydrogen-bond donors (Lipinski definition) is 1. The zero-order valence-corrected chi connectivity index (χ0v) is 16.1. The fraction of sp³-hybridized carbons (Fsp3) is 0.529. The highest BCUT2D eigenvalue weighted by Crippen LogP contribution is 2.34. The van der Waals surface area contributed by atoms with Crippen LogP contribution in [0.3, 0.4) is 0 Å². The topological polar surface area (TPSA) is 95.9 Å². The van der Waals surface area contributed by atoms with Gasteiger partial charge in [-0.05, 0) is 72.9 Å². The van der Waals surface area contributed by atoms with Gasteiger partial charge in [-0.15, -0.1) is 0 Å². The molecule has 1 unspecified atom stereocenters. The summed E-state index contributed by atoms with van der Waals surface area (Å²) in [6.07, 6.45) is 1.05. The first-order valence-corrected chi connectivity index (χ1v) is 9.04. The molecule has 1 atom stereocenters. The summed E-state index contributed by atoms with van der Waals surface area (Å²) >= 11 is 1.77. The van der Waals surface area contributed by atoms with Crippen LogP contribution in [0, 0.1) is 3.57 Å². The van der Waals surface area contributed by atoms with Gasteiger partial charge < -0.3 is 24.5 Å². The number of hydrogen-bond acceptors (Lipinski definition) is 6. The SMILES string of the molecule is CC1(OC(=O)COc2ccc(C(O)C(F)(F)C(=O)[O-])cc2I)CCCC1. The lowest BCUT2D eigenvalue weighted by molar-refractivity contribution is -0.336. The summed E-state index contributed by atoms with van der Waals surface area (Å²) in [4.78, 5) is 22.3. The molecule has 1 N–H and O–H groups in total. The van der Waals surface area contributed by atoms with E-state index in [0.717, 1.165) is 37.8 Å². The van der Waals surface area contributed by atoms with Crippen LogP contribution in [-0.2, 0) is 14.3 Å². The minimum atomic E-state index is -4.42. The van der Waals surface area contributed by atoms with E-state index in [1.807, 2.05) is 6.92 Å². The molecule has 26 heavy (non-hydrogen) atoms. The first-order valence-electron chi connectivity index (χ1n) is 7.96. The molecule has 1 saturated carbocycles. The number of rotatable bonds is 7. The van der Waals surface area contributed by atoms with Crippen molar-refractivity contribution in [2.24, 2.45) is 0 Å². The van der Waals surface area contributed by atoms with Crippen molar-refractivity contribution in [1.29, 1.82) is 0 Å². The molecule has 0 aliphatic heterocycles. The molecule has 9 heteroatoms. The van der Waals surface area contributed by atoms with E-state index in [9.17, 15) is 28.6 Å². The van der Waals surface area contributed by atoms with Gasteiger partial charge in [0.25, 0.3) is 0 Å². The van der Waals surface area contributed by atoms with E-state index in [4.69, 9.17) is 9.47 Å². The van der Waals surface area contributed by atoms with E-state index >= 15 is 0 Å². The predicted molar refractivity (Wildman–Crippen MR) is 92.5 cm³/mol. The Morgan fingerprint density at radius 3 is 2.54 bits per heavy atom. The van der Waals surface area contributed by atoms with Gasteiger partial charge in [0.2, 0.25) is 0 Å². The van der Waals surface area contributed by atoms with Crippen LogP contribution in [0.25, 0.3) is 0 Å². The molecule has 0 saturated heterocycles. The summed E-state index contributed by atoms with van der Waals surface area (Å²) < 4.78 is 37.8. The lowest BCUT2D eigenvalue weighted by atomic mass is 10.0. The number of carbonyl (C=O) groups excluding carboxylic acids is 2. The Bertz CT molecular complexity index is 688. The normalized spacial score (nSPS) is 17.6. The van der Waals surface area contributed by atoms with Crippen molar-refractivity contribution in [3.05, 3.63) is 27.3 Å². The molecular formula is C17H18F2IO6-. The Morgan fingerprint density at radius 2 is 2.00 bits per heavy atom. The molecule has 0 aromatic heterocycles. The Labute approximate surface area is 162 Å². The fourth-order valence-electron chi connectivity index (χ4n) is 2.79. The van der Waals surface area contributed by atoms with Crippen LogP contribution in [0.2, 0.25) is 0 Å². The van der Waals surface area contributed by atoms with Crippen molar-refractivity contribution >= 4 is 34.5 Å². The lowest BCUT2D eigenvalue weighted by Gasteiger charge is -2.24. The number of aliphatic hydroxyl groups excluding tert-OH is 1. The number of benzene rings is 1. The fourth-order valence-corrected chi connectivity index (χ4v) is 3.49. The zero-order valence-electron chi connectivity index (χ0n) is 14.0. The number of carbonyl (C=O) groups is 2. The third-order valence-electron chi connectivity index (χ3n) is 4.25. The number of aliphatic hydroxyl groups is 1. The zero-order chi connectivity index (χ0) is 19.5. The van der Waals surface area contributed by atoms with E-state index in [0.29, 0.717) is 3.57 Å². The van der Waals surface area contributed by atoms with Crippen molar-refractivity contribution in [2.75, 3.05) is 6.61 Å². The number of ether oxygens (including phenoxy) is 2. The summed E-state index contributed by atoms with van der Waals surface area (Å²) in [5.41, 5.74) is -0.783. The molecular weight excluding hydrogens is 465 g/mol. The minimum absolute atomic E-state index is 0.229. The van der Waals surface area contributed by atoms with Gasteiger partial charge >= 0.3 is 11.9 Å². The molecule has 0 heterocycles. The molecule has 0 amide bonds. The van der Waals surface area contributed by atoms with E-state index in [2.05, 4.69) is 0 Å². The summed E-state index contributed by atoms with van der Waals surface area (Å²) in [6, 6.07) is 3.53. The average molecular weight is 483 g/mol. The Hall–Kier alpha value is -1.49. The van der Waals surface area contributed by atoms with E-state index < -0.39 is 29.6 Å². The first kappa shape index (κ1) is 20.8. The van der Waals surface area contributed by atoms with Crippen LogP contribution in [0.4, 0.5) is 8.78 Å². The molecule has 1 aromatic carbocycles. The van der Waals surface area contributed by atoms with Gasteiger partial charge in [0.05, 0.1) is 3.57 Å². The second-order valence-corrected chi connectivity index (χ2v) is 7.58. The second kappa shape index (κ2) is 8.03. The maximum absolute atomic E-state index is 13.3. The molecule has 0 spiro atoms. The number of esters is 1. The molecule has 1 aliphatic rings. The highest BCUT2D eigenvalue weighted by molar-refractivity contribution is 14.1. The number of halogens is 3. The van der Waals surface area contributed by atoms with Gasteiger partial charge in [-0.3, -0.25) is 0 Å². The van der Waals surface area contributed by atoms with Crippen molar-refractivity contribution in [3.8, 4) is 5.75 Å². The lowest BCUT2D eigenvalue weighted by Crippen LogP contribution is -2.45. The second-order valence-electron chi connectivity index (χ2n) is 6.42. The average Bonchev–Trinajstić information content (AvgIpc) is 2.98. The van der Waals surface area contributed by atoms with Gasteiger partial charge in [-0.1, -0.05) is 6.07 Å². The predicted octanol–water partition coefficient (Wildman–Crippen LogP) is 1.96. The Morgan fingerprint density at radius 1 is 1.38 bits per heavy atom. The van der Waals surface area contributed by atoms with E-state index in [1.165, 1.54) is 6.07 Å². The third kappa shape index (κ3) is 4.81. The molecule has 144 valence electrons. The minimum Gasteiger partial charge on any atom is -0.544 e. The van der Waals surface area contributed by atoms with Crippen LogP contribution >= 0.6 is 22.6 Å². The maximum Gasteiger partial charge on any atom is 0.344 e. The summed E-state index contributed by atoms with van der Waals surface area (Å²) in [5, 5.41) is 20.0. The standard InChI is InChI=1S/C17H19F2IO6/c1-16(6-2-3-7-16)26-13(21)9-25-12-5-4-10(8-11(12)20)14(22)17(18,19)15(23)24/h4-5,8,14,22H,2-3,6-7,9H2,1H3,(H,23,24)/p-1. The highest BCUT2D eigenvalue weighted by Gasteiger charge is 2.41. The van der Waals surface area contributed by atoms with E-state index in [-0.39, 0.29) is 17.9 Å². The van der Waals surface area contributed by atoms with Gasteiger partial charge in [0, 0.05) is 0 Å². The van der Waals surface area contributed by atoms with E-state index in [1.54, 1.807) is 22.6 Å². The highest BCUT2D eigenvalue weighted by atomic mass is 127. The Balaban J connectivity index is 1.99. The monoisotopic (exact) mass is 483 g/mol. The Kier molecular flexibility index (Phi) is 6.43. The van der Waals surface area contributed by atoms with Crippen LogP contribution in [-0.4, -0.2) is 35.2 Å². The van der Waals surface area contributed by atoms with Crippen molar-refractivity contribution in [2.45, 2.75) is 50.2 Å². The van der Waals surface area contributed by atoms with Crippen molar-refractivity contribution in [1.82, 2.24) is 0 Å². The molecule has 2 rings (SSSR count). The largest absolute Gasteiger partial charge is 0.544 e. The van der Waals surface area contributed by atoms with Gasteiger partial charge in [0.1, 0.15) is 23.4 Å². The van der Waals surface area contributed by atoms with Crippen LogP contribution < -0.4 is 9.84 Å². The summed E-state index contributed by atoms with van der Waals surface area (Å²) in [5.74, 6) is -7.39. The number of carboxylic acids is 1. The number of carboxylic acid groups (broad SMARTS) is 1. The number of alkyl halides is 2. The molecule has 6 nitrogen and oxygen atoms in total. The van der Waals surface area contributed by atoms with Crippen LogP contribution in [0.15, 0.2) is 18.2 Å². The van der Waals surface area contributed by atoms with Crippen LogP contribution in [0.5, 0.6) is 5.75 Å². The molecule has 1 aromatic rings. The quantitative estimate of drug-likeness (QED) is 0.471. The first-order chi connectivity index (χ1) is 12.0. The summed E-state index contributed by atoms with van der Waals surface area (Å²) in [7, 11) is 0. The summed E-state index contributed by atoms with van der Waals surface area (Å²) in [6.45, 7) is 1.53. The smallest absolute Gasteiger partial charge is 0.344 e. The van der Waals surface area contributed by atoms with Crippen molar-refractivity contribution < 1.29 is 38.1 Å². The molecule has 0 bridgehead atoms. The van der Waals surface area contributed by atoms with Gasteiger partial charge in [-0.2, -0.15) is 8.78 Å². The van der Waals surface area contributed by atoms with Crippen LogP contribution in [0.1, 0.15) is 44.3 Å². The third-order valence-corrected chi connectivity index (χ3v) is 5.10. The molecule has 0 radical (unpaired) electrons. The van der Waals surface area contributed by atoms with Gasteiger partial charge in [-0.25, -0.2) is 4.79 Å². The molecule has 1 aliphatic carbocycles. The van der Waals surface area contributed by atoms with Gasteiger partial charge in [0.15, 0.2) is 6.61 Å². The van der Waals surface area contributed by atoms with Crippen molar-refractivity contribution in [3.63, 3.8) is 0 Å². The molecule has 1 fully saturated rings. The maximum atomic E-state index is 13.3.